The Kier molecular flexibility index (Phi) is 8.77. The number of fused-ring (bicyclic) bond motifs is 4. The van der Waals surface area contributed by atoms with E-state index in [1.54, 1.807) is 0 Å². The Hall–Kier alpha value is -4.22. The Morgan fingerprint density at radius 3 is 2.63 bits per heavy atom. The SMILES string of the molecule is C=C(/N=C(\N=C(/N)c1ccc2ccccc2c1)[C@@H](N)CC1CCC(C2=CCCC=C2)=CC1C)C1CCCc2oc3c(c21)C=CCC3. The monoisotopic (exact) mass is 610 g/mol. The van der Waals surface area contributed by atoms with Crippen molar-refractivity contribution in [2.75, 3.05) is 0 Å². The van der Waals surface area contributed by atoms with Crippen LogP contribution >= 0.6 is 0 Å². The van der Waals surface area contributed by atoms with Crippen LogP contribution in [0, 0.1) is 11.8 Å². The first-order valence-corrected chi connectivity index (χ1v) is 17.2. The van der Waals surface area contributed by atoms with Crippen molar-refractivity contribution in [3.8, 4) is 0 Å². The van der Waals surface area contributed by atoms with Gasteiger partial charge in [0.15, 0.2) is 0 Å². The molecular weight excluding hydrogens is 564 g/mol. The van der Waals surface area contributed by atoms with Crippen molar-refractivity contribution in [1.82, 2.24) is 0 Å². The second-order valence-corrected chi connectivity index (χ2v) is 13.5. The molecule has 1 aromatic heterocycles. The maximum absolute atomic E-state index is 7.06. The zero-order chi connectivity index (χ0) is 31.6. The number of furan rings is 1. The highest BCUT2D eigenvalue weighted by molar-refractivity contribution is 6.08. The van der Waals surface area contributed by atoms with Crippen molar-refractivity contribution >= 4 is 28.5 Å². The average molecular weight is 611 g/mol. The number of aliphatic imine (C=N–C) groups is 2. The summed E-state index contributed by atoms with van der Waals surface area (Å²) >= 11 is 0. The van der Waals surface area contributed by atoms with Crippen LogP contribution in [0.15, 0.2) is 111 Å². The minimum absolute atomic E-state index is 0.0780. The molecule has 4 aliphatic rings. The van der Waals surface area contributed by atoms with Gasteiger partial charge in [-0.15, -0.1) is 0 Å². The summed E-state index contributed by atoms with van der Waals surface area (Å²) in [5.41, 5.74) is 20.8. The van der Waals surface area contributed by atoms with E-state index in [2.05, 4.69) is 74.2 Å². The van der Waals surface area contributed by atoms with Gasteiger partial charge in [0.1, 0.15) is 23.2 Å². The molecule has 1 heterocycles. The molecule has 0 spiro atoms. The second-order valence-electron chi connectivity index (χ2n) is 13.5. The number of rotatable bonds is 7. The topological polar surface area (TPSA) is 89.9 Å². The molecule has 2 aromatic carbocycles. The molecule has 5 heteroatoms. The number of aryl methyl sites for hydroxylation is 2. The molecule has 4 aliphatic carbocycles. The molecule has 0 amide bonds. The highest BCUT2D eigenvalue weighted by Crippen LogP contribution is 2.43. The molecular formula is C41H46N4O. The van der Waals surface area contributed by atoms with Crippen LogP contribution in [0.3, 0.4) is 0 Å². The Morgan fingerprint density at radius 2 is 1.80 bits per heavy atom. The number of benzene rings is 2. The fourth-order valence-corrected chi connectivity index (χ4v) is 7.80. The van der Waals surface area contributed by atoms with Gasteiger partial charge in [-0.3, -0.25) is 0 Å². The van der Waals surface area contributed by atoms with Gasteiger partial charge in [0.2, 0.25) is 0 Å². The third-order valence-corrected chi connectivity index (χ3v) is 10.4. The van der Waals surface area contributed by atoms with Gasteiger partial charge in [0.05, 0.1) is 6.04 Å². The van der Waals surface area contributed by atoms with Crippen LogP contribution in [0.2, 0.25) is 0 Å². The van der Waals surface area contributed by atoms with Crippen molar-refractivity contribution in [3.63, 3.8) is 0 Å². The quantitative estimate of drug-likeness (QED) is 0.207. The highest BCUT2D eigenvalue weighted by atomic mass is 16.3. The van der Waals surface area contributed by atoms with Crippen molar-refractivity contribution in [2.45, 2.75) is 83.1 Å². The summed E-state index contributed by atoms with van der Waals surface area (Å²) in [4.78, 5) is 10.2. The Morgan fingerprint density at radius 1 is 0.957 bits per heavy atom. The van der Waals surface area contributed by atoms with Crippen molar-refractivity contribution in [1.29, 1.82) is 0 Å². The fourth-order valence-electron chi connectivity index (χ4n) is 7.80. The van der Waals surface area contributed by atoms with Gasteiger partial charge < -0.3 is 15.9 Å². The summed E-state index contributed by atoms with van der Waals surface area (Å²) in [6.07, 6.45) is 24.1. The molecule has 0 aliphatic heterocycles. The number of allylic oxidation sites excluding steroid dienone is 8. The van der Waals surface area contributed by atoms with E-state index in [1.807, 2.05) is 18.2 Å². The molecule has 4 atom stereocenters. The lowest BCUT2D eigenvalue weighted by Crippen LogP contribution is -2.35. The van der Waals surface area contributed by atoms with Gasteiger partial charge >= 0.3 is 0 Å². The van der Waals surface area contributed by atoms with Gasteiger partial charge in [0, 0.05) is 41.1 Å². The fraction of sp³-hybridized carbons (Fsp3) is 0.366. The Labute approximate surface area is 273 Å². The summed E-state index contributed by atoms with van der Waals surface area (Å²) in [5, 5.41) is 2.29. The lowest BCUT2D eigenvalue weighted by Gasteiger charge is -2.31. The number of amidine groups is 2. The van der Waals surface area contributed by atoms with Gasteiger partial charge in [-0.1, -0.05) is 86.4 Å². The molecule has 3 unspecified atom stereocenters. The minimum Gasteiger partial charge on any atom is -0.465 e. The Balaban J connectivity index is 1.19. The van der Waals surface area contributed by atoms with E-state index >= 15 is 0 Å². The zero-order valence-electron chi connectivity index (χ0n) is 27.1. The van der Waals surface area contributed by atoms with Gasteiger partial charge in [0.25, 0.3) is 0 Å². The number of hydrogen-bond acceptors (Lipinski definition) is 3. The second kappa shape index (κ2) is 13.3. The first-order chi connectivity index (χ1) is 22.4. The smallest absolute Gasteiger partial charge is 0.147 e. The van der Waals surface area contributed by atoms with Crippen molar-refractivity contribution in [3.05, 3.63) is 124 Å². The molecule has 0 radical (unpaired) electrons. The van der Waals surface area contributed by atoms with E-state index < -0.39 is 0 Å². The molecule has 7 rings (SSSR count). The standard InChI is InChI=1S/C41H46N4O/c1-26-23-32(28-11-4-3-5-12-28)21-20-30(26)25-36(42)41(45-40(43)33-22-19-29-13-6-7-14-31(29)24-33)44-27(2)34-16-10-18-38-39(34)35-15-8-9-17-37(35)46-38/h4,6-8,11-15,19,22-24,26,30,34,36H,2-3,5,9-10,16-18,20-21,25,42H2,1H3,(H2,43,44,45)/t26?,30?,34?,36-/m0/s1. The first kappa shape index (κ1) is 30.4. The third kappa shape index (κ3) is 6.26. The van der Waals surface area contributed by atoms with E-state index in [0.29, 0.717) is 23.5 Å². The molecule has 3 aromatic rings. The van der Waals surface area contributed by atoms with Crippen LogP contribution in [-0.4, -0.2) is 17.7 Å². The van der Waals surface area contributed by atoms with Crippen LogP contribution in [-0.2, 0) is 12.8 Å². The summed E-state index contributed by atoms with van der Waals surface area (Å²) in [7, 11) is 0. The van der Waals surface area contributed by atoms with E-state index in [-0.39, 0.29) is 12.0 Å². The van der Waals surface area contributed by atoms with Crippen LogP contribution in [0.4, 0.5) is 0 Å². The molecule has 0 saturated carbocycles. The van der Waals surface area contributed by atoms with E-state index in [4.69, 9.17) is 25.9 Å². The van der Waals surface area contributed by atoms with Crippen LogP contribution in [0.1, 0.15) is 92.4 Å². The maximum Gasteiger partial charge on any atom is 0.147 e. The Bertz CT molecular complexity index is 1830. The van der Waals surface area contributed by atoms with Gasteiger partial charge in [-0.25, -0.2) is 9.98 Å². The molecule has 0 saturated heterocycles. The summed E-state index contributed by atoms with van der Waals surface area (Å²) in [6, 6.07) is 14.1. The van der Waals surface area contributed by atoms with E-state index in [0.717, 1.165) is 92.4 Å². The predicted molar refractivity (Wildman–Crippen MR) is 192 cm³/mol. The first-order valence-electron chi connectivity index (χ1n) is 17.2. The van der Waals surface area contributed by atoms with Crippen LogP contribution in [0.25, 0.3) is 16.8 Å². The van der Waals surface area contributed by atoms with Crippen molar-refractivity contribution in [2.24, 2.45) is 33.3 Å². The number of nitrogens with zero attached hydrogens (tertiary/aromatic N) is 2. The summed E-state index contributed by atoms with van der Waals surface area (Å²) < 4.78 is 6.36. The maximum atomic E-state index is 7.06. The molecule has 5 nitrogen and oxygen atoms in total. The lowest BCUT2D eigenvalue weighted by molar-refractivity contribution is 0.341. The van der Waals surface area contributed by atoms with E-state index in [1.165, 1.54) is 27.7 Å². The van der Waals surface area contributed by atoms with Crippen molar-refractivity contribution < 1.29 is 4.42 Å². The molecule has 0 bridgehead atoms. The van der Waals surface area contributed by atoms with Crippen LogP contribution in [0.5, 0.6) is 0 Å². The summed E-state index contributed by atoms with van der Waals surface area (Å²) in [6.45, 7) is 6.86. The number of hydrogen-bond donors (Lipinski definition) is 2. The van der Waals surface area contributed by atoms with Gasteiger partial charge in [-0.05, 0) is 91.2 Å². The van der Waals surface area contributed by atoms with E-state index in [9.17, 15) is 0 Å². The zero-order valence-corrected chi connectivity index (χ0v) is 27.1. The summed E-state index contributed by atoms with van der Waals surface area (Å²) in [5.74, 6) is 4.12. The average Bonchev–Trinajstić information content (AvgIpc) is 3.48. The lowest BCUT2D eigenvalue weighted by atomic mass is 9.76. The third-order valence-electron chi connectivity index (χ3n) is 10.4. The molecule has 0 fully saturated rings. The molecule has 236 valence electrons. The van der Waals surface area contributed by atoms with Gasteiger partial charge in [-0.2, -0.15) is 0 Å². The largest absolute Gasteiger partial charge is 0.465 e. The predicted octanol–water partition coefficient (Wildman–Crippen LogP) is 9.10. The molecule has 46 heavy (non-hydrogen) atoms. The minimum atomic E-state index is -0.367. The highest BCUT2D eigenvalue weighted by Gasteiger charge is 2.32. The number of nitrogens with two attached hydrogens (primary N) is 2. The molecule has 4 N–H and O–H groups in total. The normalized spacial score (nSPS) is 23.8. The van der Waals surface area contributed by atoms with Crippen LogP contribution < -0.4 is 11.5 Å².